The zero-order valence-electron chi connectivity index (χ0n) is 14.6. The third kappa shape index (κ3) is 6.30. The van der Waals surface area contributed by atoms with E-state index in [0.717, 1.165) is 24.0 Å². The van der Waals surface area contributed by atoms with Crippen LogP contribution in [0, 0.1) is 0 Å². The molecule has 6 nitrogen and oxygen atoms in total. The summed E-state index contributed by atoms with van der Waals surface area (Å²) in [7, 11) is 5.67. The fraction of sp³-hybridized carbons (Fsp3) is 0.625. The van der Waals surface area contributed by atoms with Gasteiger partial charge in [0.1, 0.15) is 5.82 Å². The van der Waals surface area contributed by atoms with E-state index >= 15 is 0 Å². The normalized spacial score (nSPS) is 12.2. The molecule has 0 atom stereocenters. The molecule has 0 saturated carbocycles. The number of pyridine rings is 1. The van der Waals surface area contributed by atoms with Crippen molar-refractivity contribution in [3.8, 4) is 0 Å². The molecule has 22 heavy (non-hydrogen) atoms. The molecule has 0 aromatic carbocycles. The highest BCUT2D eigenvalue weighted by Gasteiger charge is 2.16. The lowest BCUT2D eigenvalue weighted by Crippen LogP contribution is -2.45. The van der Waals surface area contributed by atoms with Crippen LogP contribution in [0.15, 0.2) is 23.2 Å². The van der Waals surface area contributed by atoms with Gasteiger partial charge in [-0.25, -0.2) is 9.98 Å². The second-order valence-corrected chi connectivity index (χ2v) is 5.89. The van der Waals surface area contributed by atoms with E-state index in [1.54, 1.807) is 7.11 Å². The average Bonchev–Trinajstić information content (AvgIpc) is 2.50. The summed E-state index contributed by atoms with van der Waals surface area (Å²) in [5, 5.41) is 6.53. The third-order valence-corrected chi connectivity index (χ3v) is 3.23. The Morgan fingerprint density at radius 2 is 2.05 bits per heavy atom. The molecule has 124 valence electrons. The highest BCUT2D eigenvalue weighted by Crippen LogP contribution is 2.08. The predicted molar refractivity (Wildman–Crippen MR) is 92.5 cm³/mol. The van der Waals surface area contributed by atoms with Gasteiger partial charge < -0.3 is 20.3 Å². The quantitative estimate of drug-likeness (QED) is 0.592. The van der Waals surface area contributed by atoms with Gasteiger partial charge in [0.05, 0.1) is 17.8 Å². The van der Waals surface area contributed by atoms with Crippen LogP contribution < -0.4 is 15.5 Å². The van der Waals surface area contributed by atoms with Gasteiger partial charge in [0.25, 0.3) is 0 Å². The topological polar surface area (TPSA) is 61.8 Å². The minimum absolute atomic E-state index is 0.237. The minimum Gasteiger partial charge on any atom is -0.377 e. The third-order valence-electron chi connectivity index (χ3n) is 3.23. The number of nitrogens with one attached hydrogen (secondary N) is 2. The predicted octanol–water partition coefficient (Wildman–Crippen LogP) is 1.63. The molecule has 0 fully saturated rings. The highest BCUT2D eigenvalue weighted by atomic mass is 16.5. The zero-order valence-corrected chi connectivity index (χ0v) is 14.6. The van der Waals surface area contributed by atoms with Gasteiger partial charge in [-0.3, -0.25) is 0 Å². The Bertz CT molecular complexity index is 485. The van der Waals surface area contributed by atoms with Gasteiger partial charge in [-0.1, -0.05) is 6.07 Å². The van der Waals surface area contributed by atoms with Gasteiger partial charge in [0.15, 0.2) is 5.96 Å². The van der Waals surface area contributed by atoms with E-state index in [9.17, 15) is 0 Å². The molecule has 1 rings (SSSR count). The van der Waals surface area contributed by atoms with Gasteiger partial charge in [0, 0.05) is 34.3 Å². The largest absolute Gasteiger partial charge is 0.377 e. The van der Waals surface area contributed by atoms with Gasteiger partial charge in [-0.15, -0.1) is 0 Å². The summed E-state index contributed by atoms with van der Waals surface area (Å²) < 4.78 is 5.41. The number of nitrogens with zero attached hydrogens (tertiary/aromatic N) is 3. The van der Waals surface area contributed by atoms with Crippen molar-refractivity contribution in [2.75, 3.05) is 39.2 Å². The summed E-state index contributed by atoms with van der Waals surface area (Å²) >= 11 is 0. The van der Waals surface area contributed by atoms with Gasteiger partial charge in [0.2, 0.25) is 0 Å². The molecular formula is C16H29N5O. The lowest BCUT2D eigenvalue weighted by molar-refractivity contribution is 0.0268. The van der Waals surface area contributed by atoms with Crippen LogP contribution in [0.1, 0.15) is 26.5 Å². The summed E-state index contributed by atoms with van der Waals surface area (Å²) in [4.78, 5) is 11.1. The smallest absolute Gasteiger partial charge is 0.191 e. The van der Waals surface area contributed by atoms with Crippen molar-refractivity contribution >= 4 is 11.8 Å². The van der Waals surface area contributed by atoms with Crippen LogP contribution in [0.2, 0.25) is 0 Å². The number of anilines is 1. The fourth-order valence-corrected chi connectivity index (χ4v) is 1.67. The van der Waals surface area contributed by atoms with E-state index in [4.69, 9.17) is 4.74 Å². The molecule has 0 unspecified atom stereocenters. The molecule has 0 spiro atoms. The maximum atomic E-state index is 5.41. The molecular weight excluding hydrogens is 278 g/mol. The van der Waals surface area contributed by atoms with Crippen molar-refractivity contribution in [3.05, 3.63) is 23.9 Å². The lowest BCUT2D eigenvalue weighted by atomic mass is 10.1. The maximum Gasteiger partial charge on any atom is 0.191 e. The van der Waals surface area contributed by atoms with Gasteiger partial charge in [-0.05, 0) is 32.9 Å². The fourth-order valence-electron chi connectivity index (χ4n) is 1.67. The van der Waals surface area contributed by atoms with E-state index in [1.807, 2.05) is 58.0 Å². The van der Waals surface area contributed by atoms with Gasteiger partial charge in [-0.2, -0.15) is 0 Å². The molecule has 1 aromatic heterocycles. The summed E-state index contributed by atoms with van der Waals surface area (Å²) in [5.74, 6) is 1.70. The Morgan fingerprint density at radius 3 is 2.64 bits per heavy atom. The summed E-state index contributed by atoms with van der Waals surface area (Å²) in [6.45, 7) is 8.14. The van der Waals surface area contributed by atoms with Crippen molar-refractivity contribution < 1.29 is 4.74 Å². The molecule has 0 saturated heterocycles. The number of rotatable bonds is 7. The van der Waals surface area contributed by atoms with Crippen molar-refractivity contribution in [1.82, 2.24) is 15.6 Å². The van der Waals surface area contributed by atoms with Gasteiger partial charge >= 0.3 is 0 Å². The molecule has 0 radical (unpaired) electrons. The van der Waals surface area contributed by atoms with Crippen LogP contribution in [-0.4, -0.2) is 50.8 Å². The molecule has 0 bridgehead atoms. The second-order valence-electron chi connectivity index (χ2n) is 5.89. The molecule has 0 aliphatic rings. The summed E-state index contributed by atoms with van der Waals surface area (Å²) in [5.41, 5.74) is 0.702. The number of guanidine groups is 1. The molecule has 1 aromatic rings. The first-order chi connectivity index (χ1) is 10.4. The highest BCUT2D eigenvalue weighted by molar-refractivity contribution is 5.79. The molecule has 2 N–H and O–H groups in total. The molecule has 0 amide bonds. The second kappa shape index (κ2) is 8.58. The Morgan fingerprint density at radius 1 is 1.32 bits per heavy atom. The molecule has 6 heteroatoms. The maximum absolute atomic E-state index is 5.41. The van der Waals surface area contributed by atoms with E-state index in [-0.39, 0.29) is 5.60 Å². The number of hydrogen-bond donors (Lipinski definition) is 2. The summed E-state index contributed by atoms with van der Waals surface area (Å²) in [6, 6.07) is 5.97. The Balaban J connectivity index is 2.71. The lowest BCUT2D eigenvalue weighted by Gasteiger charge is -2.24. The first kappa shape index (κ1) is 18.2. The summed E-state index contributed by atoms with van der Waals surface area (Å²) in [6.07, 6.45) is 0. The van der Waals surface area contributed by atoms with E-state index in [2.05, 4.69) is 20.6 Å². The van der Waals surface area contributed by atoms with Crippen molar-refractivity contribution in [2.45, 2.75) is 32.9 Å². The van der Waals surface area contributed by atoms with Crippen molar-refractivity contribution in [2.24, 2.45) is 4.99 Å². The van der Waals surface area contributed by atoms with E-state index in [1.165, 1.54) is 0 Å². The van der Waals surface area contributed by atoms with Crippen molar-refractivity contribution in [1.29, 1.82) is 0 Å². The van der Waals surface area contributed by atoms with Crippen LogP contribution in [0.25, 0.3) is 0 Å². The minimum atomic E-state index is -0.237. The van der Waals surface area contributed by atoms with E-state index < -0.39 is 0 Å². The van der Waals surface area contributed by atoms with Crippen LogP contribution in [-0.2, 0) is 11.3 Å². The Hall–Kier alpha value is -1.82. The van der Waals surface area contributed by atoms with E-state index in [0.29, 0.717) is 13.1 Å². The monoisotopic (exact) mass is 307 g/mol. The first-order valence-electron chi connectivity index (χ1n) is 7.58. The van der Waals surface area contributed by atoms with Crippen LogP contribution in [0.4, 0.5) is 5.82 Å². The number of aliphatic imine (C=N–C) groups is 1. The van der Waals surface area contributed by atoms with Crippen LogP contribution in [0.5, 0.6) is 0 Å². The number of aromatic nitrogens is 1. The molecule has 0 aliphatic carbocycles. The van der Waals surface area contributed by atoms with Crippen molar-refractivity contribution in [3.63, 3.8) is 0 Å². The standard InChI is InChI=1S/C16H29N5O/c1-7-17-15(19-12-16(2,3)22-6)18-11-13-9-8-10-14(20-13)21(4)5/h8-10H,7,11-12H2,1-6H3,(H2,17,18,19). The number of ether oxygens (including phenoxy) is 1. The number of hydrogen-bond acceptors (Lipinski definition) is 4. The SMILES string of the molecule is CCNC(=NCc1cccc(N(C)C)n1)NCC(C)(C)OC. The first-order valence-corrected chi connectivity index (χ1v) is 7.58. The van der Waals surface area contributed by atoms with Crippen LogP contribution in [0.3, 0.4) is 0 Å². The Kier molecular flexibility index (Phi) is 7.11. The van der Waals surface area contributed by atoms with Crippen LogP contribution >= 0.6 is 0 Å². The molecule has 0 aliphatic heterocycles. The average molecular weight is 307 g/mol. The number of methoxy groups -OCH3 is 1. The Labute approximate surface area is 134 Å². The zero-order chi connectivity index (χ0) is 16.6. The molecule has 1 heterocycles.